The van der Waals surface area contributed by atoms with Crippen LogP contribution in [0.5, 0.6) is 0 Å². The van der Waals surface area contributed by atoms with E-state index in [0.717, 1.165) is 29.1 Å². The predicted octanol–water partition coefficient (Wildman–Crippen LogP) is 3.77. The summed E-state index contributed by atoms with van der Waals surface area (Å²) in [5.41, 5.74) is 5.80. The van der Waals surface area contributed by atoms with E-state index in [4.69, 9.17) is 23.2 Å². The lowest BCUT2D eigenvalue weighted by Crippen LogP contribution is -2.41. The van der Waals surface area contributed by atoms with E-state index in [2.05, 4.69) is 15.8 Å². The van der Waals surface area contributed by atoms with Crippen LogP contribution in [-0.4, -0.2) is 28.6 Å². The van der Waals surface area contributed by atoms with Crippen LogP contribution in [0.2, 0.25) is 10.0 Å². The molecule has 1 aromatic carbocycles. The number of aryl methyl sites for hydroxylation is 1. The zero-order valence-electron chi connectivity index (χ0n) is 15.6. The molecule has 0 saturated carbocycles. The molecule has 2 rings (SSSR count). The summed E-state index contributed by atoms with van der Waals surface area (Å²) < 4.78 is 2.00. The smallest absolute Gasteiger partial charge is 0.329 e. The van der Waals surface area contributed by atoms with Crippen LogP contribution < -0.4 is 10.7 Å². The van der Waals surface area contributed by atoms with Crippen LogP contribution in [0, 0.1) is 13.8 Å². The molecule has 1 heterocycles. The van der Waals surface area contributed by atoms with Crippen molar-refractivity contribution in [1.82, 2.24) is 15.3 Å². The average Bonchev–Trinajstić information content (AvgIpc) is 2.90. The number of hydrogen-bond acceptors (Lipinski definition) is 3. The van der Waals surface area contributed by atoms with Crippen LogP contribution in [-0.2, 0) is 9.59 Å². The van der Waals surface area contributed by atoms with Gasteiger partial charge < -0.3 is 9.88 Å². The second-order valence-corrected chi connectivity index (χ2v) is 7.06. The van der Waals surface area contributed by atoms with Crippen molar-refractivity contribution < 1.29 is 9.59 Å². The van der Waals surface area contributed by atoms with Crippen molar-refractivity contribution >= 4 is 41.2 Å². The summed E-state index contributed by atoms with van der Waals surface area (Å²) in [4.78, 5) is 23.5. The molecule has 1 aromatic heterocycles. The molecule has 0 radical (unpaired) electrons. The molecule has 0 aliphatic rings. The minimum Gasteiger partial charge on any atom is -0.345 e. The number of benzene rings is 1. The molecule has 0 bridgehead atoms. The van der Waals surface area contributed by atoms with E-state index in [1.54, 1.807) is 12.1 Å². The van der Waals surface area contributed by atoms with Crippen molar-refractivity contribution in [1.29, 1.82) is 0 Å². The first-order valence-electron chi connectivity index (χ1n) is 8.52. The molecule has 6 nitrogen and oxygen atoms in total. The number of carbonyl (C=O) groups excluding carboxylic acids is 2. The maximum absolute atomic E-state index is 11.8. The van der Waals surface area contributed by atoms with E-state index in [1.807, 2.05) is 44.4 Å². The Morgan fingerprint density at radius 1 is 1.19 bits per heavy atom. The highest BCUT2D eigenvalue weighted by Crippen LogP contribution is 2.27. The zero-order chi connectivity index (χ0) is 20.1. The maximum atomic E-state index is 11.8. The summed E-state index contributed by atoms with van der Waals surface area (Å²) in [6, 6.07) is 7.24. The molecule has 0 unspecified atom stereocenters. The first-order valence-corrected chi connectivity index (χ1v) is 9.28. The Hall–Kier alpha value is -2.31. The Kier molecular flexibility index (Phi) is 7.05. The van der Waals surface area contributed by atoms with Gasteiger partial charge in [0.25, 0.3) is 0 Å². The molecule has 0 aliphatic carbocycles. The van der Waals surface area contributed by atoms with Crippen molar-refractivity contribution in [2.75, 3.05) is 0 Å². The monoisotopic (exact) mass is 408 g/mol. The van der Waals surface area contributed by atoms with E-state index in [9.17, 15) is 9.59 Å². The topological polar surface area (TPSA) is 75.5 Å². The lowest BCUT2D eigenvalue weighted by molar-refractivity contribution is -0.139. The predicted molar refractivity (Wildman–Crippen MR) is 109 cm³/mol. The van der Waals surface area contributed by atoms with Gasteiger partial charge in [0.1, 0.15) is 0 Å². The van der Waals surface area contributed by atoms with Crippen LogP contribution in [0.1, 0.15) is 37.2 Å². The molecular formula is C19H22Cl2N4O2. The number of nitrogens with zero attached hydrogens (tertiary/aromatic N) is 2. The number of carbonyl (C=O) groups is 2. The quantitative estimate of drug-likeness (QED) is 0.448. The SMILES string of the molecule is CC[C@H](C)NC(=O)C(=O)N/N=C\c1cc(C)n(-c2ccc(Cl)c(Cl)c2)c1C. The minimum atomic E-state index is -0.801. The van der Waals surface area contributed by atoms with Gasteiger partial charge >= 0.3 is 11.8 Å². The fourth-order valence-corrected chi connectivity index (χ4v) is 2.83. The van der Waals surface area contributed by atoms with Gasteiger partial charge in [-0.3, -0.25) is 9.59 Å². The first-order chi connectivity index (χ1) is 12.7. The van der Waals surface area contributed by atoms with Crippen molar-refractivity contribution in [3.63, 3.8) is 0 Å². The lowest BCUT2D eigenvalue weighted by Gasteiger charge is -2.10. The summed E-state index contributed by atoms with van der Waals surface area (Å²) in [7, 11) is 0. The molecule has 2 amide bonds. The molecule has 144 valence electrons. The van der Waals surface area contributed by atoms with Crippen LogP contribution in [0.25, 0.3) is 5.69 Å². The van der Waals surface area contributed by atoms with E-state index in [0.29, 0.717) is 10.0 Å². The number of nitrogens with one attached hydrogen (secondary N) is 2. The number of aromatic nitrogens is 1. The fraction of sp³-hybridized carbons (Fsp3) is 0.316. The molecule has 0 aliphatic heterocycles. The van der Waals surface area contributed by atoms with Crippen molar-refractivity contribution in [3.8, 4) is 5.69 Å². The Bertz CT molecular complexity index is 890. The highest BCUT2D eigenvalue weighted by molar-refractivity contribution is 6.42. The number of halogens is 2. The van der Waals surface area contributed by atoms with Gasteiger partial charge in [0, 0.05) is 28.7 Å². The fourth-order valence-electron chi connectivity index (χ4n) is 2.54. The summed E-state index contributed by atoms with van der Waals surface area (Å²) in [6.45, 7) is 7.62. The molecule has 0 fully saturated rings. The van der Waals surface area contributed by atoms with E-state index in [1.165, 1.54) is 6.21 Å². The normalized spacial score (nSPS) is 12.2. The van der Waals surface area contributed by atoms with Gasteiger partial charge in [0.15, 0.2) is 0 Å². The van der Waals surface area contributed by atoms with Crippen LogP contribution in [0.3, 0.4) is 0 Å². The Balaban J connectivity index is 2.14. The van der Waals surface area contributed by atoms with Gasteiger partial charge in [-0.15, -0.1) is 0 Å². The zero-order valence-corrected chi connectivity index (χ0v) is 17.1. The number of amides is 2. The summed E-state index contributed by atoms with van der Waals surface area (Å²) in [6.07, 6.45) is 2.24. The third kappa shape index (κ3) is 5.11. The van der Waals surface area contributed by atoms with E-state index in [-0.39, 0.29) is 6.04 Å². The van der Waals surface area contributed by atoms with Crippen LogP contribution in [0.4, 0.5) is 0 Å². The molecule has 1 atom stereocenters. The first kappa shape index (κ1) is 21.0. The van der Waals surface area contributed by atoms with Crippen molar-refractivity contribution in [2.45, 2.75) is 40.2 Å². The van der Waals surface area contributed by atoms with Crippen LogP contribution in [0.15, 0.2) is 29.4 Å². The third-order valence-electron chi connectivity index (χ3n) is 4.20. The van der Waals surface area contributed by atoms with Crippen molar-refractivity contribution in [3.05, 3.63) is 51.3 Å². The van der Waals surface area contributed by atoms with Gasteiger partial charge in [0.05, 0.1) is 16.3 Å². The summed E-state index contributed by atoms with van der Waals surface area (Å²) in [5.74, 6) is -1.51. The number of hydrogen-bond donors (Lipinski definition) is 2. The third-order valence-corrected chi connectivity index (χ3v) is 4.94. The molecule has 27 heavy (non-hydrogen) atoms. The molecule has 8 heteroatoms. The maximum Gasteiger partial charge on any atom is 0.329 e. The summed E-state index contributed by atoms with van der Waals surface area (Å²) >= 11 is 12.1. The largest absolute Gasteiger partial charge is 0.345 e. The molecule has 2 N–H and O–H groups in total. The molecule has 0 saturated heterocycles. The van der Waals surface area contributed by atoms with Gasteiger partial charge in [-0.05, 0) is 51.5 Å². The van der Waals surface area contributed by atoms with Gasteiger partial charge in [-0.1, -0.05) is 30.1 Å². The molecule has 2 aromatic rings. The lowest BCUT2D eigenvalue weighted by atomic mass is 10.2. The van der Waals surface area contributed by atoms with E-state index < -0.39 is 11.8 Å². The highest BCUT2D eigenvalue weighted by atomic mass is 35.5. The Morgan fingerprint density at radius 2 is 1.89 bits per heavy atom. The van der Waals surface area contributed by atoms with Gasteiger partial charge in [0.2, 0.25) is 0 Å². The highest BCUT2D eigenvalue weighted by Gasteiger charge is 2.15. The summed E-state index contributed by atoms with van der Waals surface area (Å²) in [5, 5.41) is 7.43. The molecular weight excluding hydrogens is 387 g/mol. The van der Waals surface area contributed by atoms with Gasteiger partial charge in [-0.2, -0.15) is 5.10 Å². The second-order valence-electron chi connectivity index (χ2n) is 6.24. The number of hydrazone groups is 1. The average molecular weight is 409 g/mol. The second kappa shape index (κ2) is 9.06. The number of rotatable bonds is 5. The standard InChI is InChI=1S/C19H22Cl2N4O2/c1-5-11(2)23-18(26)19(27)24-22-10-14-8-12(3)25(13(14)4)15-6-7-16(20)17(21)9-15/h6-11H,5H2,1-4H3,(H,23,26)(H,24,27)/b22-10-/t11-/m0/s1. The minimum absolute atomic E-state index is 0.0719. The van der Waals surface area contributed by atoms with E-state index >= 15 is 0 Å². The molecule has 0 spiro atoms. The Morgan fingerprint density at radius 3 is 2.52 bits per heavy atom. The Labute approximate surface area is 168 Å². The van der Waals surface area contributed by atoms with Crippen LogP contribution >= 0.6 is 23.2 Å². The van der Waals surface area contributed by atoms with Crippen molar-refractivity contribution in [2.24, 2.45) is 5.10 Å². The van der Waals surface area contributed by atoms with Gasteiger partial charge in [-0.25, -0.2) is 5.43 Å².